The number of nitrogens with two attached hydrogens (primary N) is 1. The van der Waals surface area contributed by atoms with Gasteiger partial charge in [0.05, 0.1) is 21.4 Å². The van der Waals surface area contributed by atoms with Crippen molar-refractivity contribution in [1.82, 2.24) is 4.72 Å². The number of hydrogen-bond donors (Lipinski definition) is 3. The molecule has 110 valence electrons. The number of carbonyl (C=O) groups excluding carboxylic acids is 1. The number of halogens is 2. The van der Waals surface area contributed by atoms with Gasteiger partial charge in [0.2, 0.25) is 15.9 Å². The van der Waals surface area contributed by atoms with Gasteiger partial charge in [0.1, 0.15) is 6.04 Å². The van der Waals surface area contributed by atoms with Crippen LogP contribution in [-0.2, 0) is 19.6 Å². The highest BCUT2D eigenvalue weighted by Gasteiger charge is 2.27. The van der Waals surface area contributed by atoms with Crippen LogP contribution in [0.1, 0.15) is 6.42 Å². The number of aliphatic carboxylic acids is 1. The normalized spacial score (nSPS) is 12.9. The fourth-order valence-electron chi connectivity index (χ4n) is 1.28. The SMILES string of the molecule is NC(=O)C[C@H](NS(=O)(=O)c1ccc(Cl)c(Cl)c1)C(=O)O. The molecule has 0 heterocycles. The highest BCUT2D eigenvalue weighted by molar-refractivity contribution is 7.89. The van der Waals surface area contributed by atoms with Crippen molar-refractivity contribution in [1.29, 1.82) is 0 Å². The summed E-state index contributed by atoms with van der Waals surface area (Å²) in [5.74, 6) is -2.47. The molecule has 0 fully saturated rings. The molecule has 0 aliphatic heterocycles. The van der Waals surface area contributed by atoms with Gasteiger partial charge in [0.15, 0.2) is 0 Å². The summed E-state index contributed by atoms with van der Waals surface area (Å²) in [5, 5.41) is 9.00. The number of sulfonamides is 1. The maximum Gasteiger partial charge on any atom is 0.322 e. The Hall–Kier alpha value is -1.35. The van der Waals surface area contributed by atoms with Gasteiger partial charge in [-0.15, -0.1) is 0 Å². The van der Waals surface area contributed by atoms with Gasteiger partial charge >= 0.3 is 5.97 Å². The van der Waals surface area contributed by atoms with Crippen LogP contribution in [0.5, 0.6) is 0 Å². The third-order valence-electron chi connectivity index (χ3n) is 2.20. The van der Waals surface area contributed by atoms with E-state index >= 15 is 0 Å². The monoisotopic (exact) mass is 340 g/mol. The van der Waals surface area contributed by atoms with Gasteiger partial charge in [-0.1, -0.05) is 23.2 Å². The first-order valence-electron chi connectivity index (χ1n) is 5.12. The van der Waals surface area contributed by atoms with Crippen molar-refractivity contribution >= 4 is 45.1 Å². The molecule has 1 atom stereocenters. The topological polar surface area (TPSA) is 127 Å². The summed E-state index contributed by atoms with van der Waals surface area (Å²) in [4.78, 5) is 21.3. The fourth-order valence-corrected chi connectivity index (χ4v) is 2.86. The summed E-state index contributed by atoms with van der Waals surface area (Å²) in [6.45, 7) is 0. The van der Waals surface area contributed by atoms with Gasteiger partial charge in [-0.3, -0.25) is 9.59 Å². The van der Waals surface area contributed by atoms with Crippen LogP contribution in [0.2, 0.25) is 10.0 Å². The minimum atomic E-state index is -4.17. The van der Waals surface area contributed by atoms with Crippen LogP contribution in [-0.4, -0.2) is 31.4 Å². The summed E-state index contributed by atoms with van der Waals surface area (Å²) < 4.78 is 25.8. The van der Waals surface area contributed by atoms with Gasteiger partial charge < -0.3 is 10.8 Å². The van der Waals surface area contributed by atoms with Crippen molar-refractivity contribution in [2.75, 3.05) is 0 Å². The molecule has 7 nitrogen and oxygen atoms in total. The quantitative estimate of drug-likeness (QED) is 0.698. The average Bonchev–Trinajstić information content (AvgIpc) is 2.30. The maximum absolute atomic E-state index is 12.0. The first kappa shape index (κ1) is 16.7. The standard InChI is InChI=1S/C10H10Cl2N2O5S/c11-6-2-1-5(3-7(6)12)20(18,19)14-8(10(16)17)4-9(13)15/h1-3,8,14H,4H2,(H2,13,15)(H,16,17)/t8-/m0/s1. The van der Waals surface area contributed by atoms with E-state index in [-0.39, 0.29) is 14.9 Å². The third-order valence-corrected chi connectivity index (χ3v) is 4.41. The Labute approximate surface area is 124 Å². The molecule has 0 unspecified atom stereocenters. The maximum atomic E-state index is 12.0. The Morgan fingerprint density at radius 2 is 1.90 bits per heavy atom. The van der Waals surface area contributed by atoms with E-state index in [4.69, 9.17) is 34.0 Å². The van der Waals surface area contributed by atoms with Crippen LogP contribution in [0.4, 0.5) is 0 Å². The van der Waals surface area contributed by atoms with Gasteiger partial charge in [-0.2, -0.15) is 4.72 Å². The predicted molar refractivity (Wildman–Crippen MR) is 72.0 cm³/mol. The second-order valence-corrected chi connectivity index (χ2v) is 6.29. The van der Waals surface area contributed by atoms with Gasteiger partial charge in [-0.05, 0) is 18.2 Å². The molecule has 0 aliphatic rings. The molecule has 10 heteroatoms. The Kier molecular flexibility index (Phi) is 5.35. The Bertz CT molecular complexity index is 647. The summed E-state index contributed by atoms with van der Waals surface area (Å²) >= 11 is 11.3. The number of rotatable bonds is 6. The van der Waals surface area contributed by atoms with Crippen LogP contribution >= 0.6 is 23.2 Å². The van der Waals surface area contributed by atoms with E-state index in [0.29, 0.717) is 0 Å². The van der Waals surface area contributed by atoms with Crippen molar-refractivity contribution in [3.63, 3.8) is 0 Å². The summed E-state index contributed by atoms with van der Waals surface area (Å²) in [6.07, 6.45) is -0.671. The van der Waals surface area contributed by atoms with Gasteiger partial charge in [0, 0.05) is 0 Å². The average molecular weight is 341 g/mol. The zero-order valence-corrected chi connectivity index (χ0v) is 12.2. The van der Waals surface area contributed by atoms with E-state index < -0.39 is 34.4 Å². The lowest BCUT2D eigenvalue weighted by Crippen LogP contribution is -2.43. The minimum Gasteiger partial charge on any atom is -0.480 e. The van der Waals surface area contributed by atoms with Crippen molar-refractivity contribution in [2.24, 2.45) is 5.73 Å². The van der Waals surface area contributed by atoms with E-state index in [1.54, 1.807) is 0 Å². The Morgan fingerprint density at radius 1 is 1.30 bits per heavy atom. The lowest BCUT2D eigenvalue weighted by Gasteiger charge is -2.13. The number of carboxylic acid groups (broad SMARTS) is 1. The molecule has 0 aromatic heterocycles. The highest BCUT2D eigenvalue weighted by atomic mass is 35.5. The second kappa shape index (κ2) is 6.40. The molecular formula is C10H10Cl2N2O5S. The smallest absolute Gasteiger partial charge is 0.322 e. The highest BCUT2D eigenvalue weighted by Crippen LogP contribution is 2.24. The van der Waals surface area contributed by atoms with Crippen LogP contribution in [0, 0.1) is 0 Å². The first-order valence-corrected chi connectivity index (χ1v) is 7.36. The molecule has 1 amide bonds. The number of benzene rings is 1. The summed E-state index contributed by atoms with van der Waals surface area (Å²) in [7, 11) is -4.17. The molecule has 1 aromatic rings. The molecule has 4 N–H and O–H groups in total. The molecule has 0 saturated heterocycles. The predicted octanol–water partition coefficient (Wildman–Crippen LogP) is 0.600. The number of primary amides is 1. The molecule has 1 aromatic carbocycles. The third kappa shape index (κ3) is 4.34. The molecule has 0 bridgehead atoms. The van der Waals surface area contributed by atoms with E-state index in [2.05, 4.69) is 0 Å². The lowest BCUT2D eigenvalue weighted by molar-refractivity contribution is -0.140. The minimum absolute atomic E-state index is 0.00341. The molecule has 0 radical (unpaired) electrons. The Morgan fingerprint density at radius 3 is 2.35 bits per heavy atom. The molecule has 0 aliphatic carbocycles. The number of hydrogen-bond acceptors (Lipinski definition) is 4. The van der Waals surface area contributed by atoms with E-state index in [9.17, 15) is 18.0 Å². The second-order valence-electron chi connectivity index (χ2n) is 3.76. The number of amides is 1. The molecule has 0 spiro atoms. The van der Waals surface area contributed by atoms with Crippen LogP contribution in [0.25, 0.3) is 0 Å². The van der Waals surface area contributed by atoms with Crippen molar-refractivity contribution < 1.29 is 23.1 Å². The fraction of sp³-hybridized carbons (Fsp3) is 0.200. The van der Waals surface area contributed by atoms with Crippen molar-refractivity contribution in [3.05, 3.63) is 28.2 Å². The van der Waals surface area contributed by atoms with E-state index in [1.807, 2.05) is 4.72 Å². The summed E-state index contributed by atoms with van der Waals surface area (Å²) in [5.41, 5.74) is 4.86. The van der Waals surface area contributed by atoms with E-state index in [0.717, 1.165) is 12.1 Å². The van der Waals surface area contributed by atoms with E-state index in [1.165, 1.54) is 6.07 Å². The number of carbonyl (C=O) groups is 2. The number of carboxylic acids is 1. The lowest BCUT2D eigenvalue weighted by atomic mass is 10.2. The molecule has 20 heavy (non-hydrogen) atoms. The van der Waals surface area contributed by atoms with Crippen LogP contribution in [0.15, 0.2) is 23.1 Å². The molecule has 1 rings (SSSR count). The largest absolute Gasteiger partial charge is 0.480 e. The van der Waals surface area contributed by atoms with Crippen molar-refractivity contribution in [3.8, 4) is 0 Å². The summed E-state index contributed by atoms with van der Waals surface area (Å²) in [6, 6.07) is 1.81. The Balaban J connectivity index is 3.06. The first-order chi connectivity index (χ1) is 9.13. The van der Waals surface area contributed by atoms with Gasteiger partial charge in [-0.25, -0.2) is 8.42 Å². The molecule has 0 saturated carbocycles. The van der Waals surface area contributed by atoms with Gasteiger partial charge in [0.25, 0.3) is 0 Å². The van der Waals surface area contributed by atoms with Crippen LogP contribution in [0.3, 0.4) is 0 Å². The zero-order chi connectivity index (χ0) is 15.5. The molecular weight excluding hydrogens is 331 g/mol. The number of nitrogens with one attached hydrogen (secondary N) is 1. The van der Waals surface area contributed by atoms with Crippen molar-refractivity contribution in [2.45, 2.75) is 17.4 Å². The van der Waals surface area contributed by atoms with Crippen LogP contribution < -0.4 is 10.5 Å². The zero-order valence-electron chi connectivity index (χ0n) is 9.84.